The minimum Gasteiger partial charge on any atom is -0.469 e. The molecule has 2 heterocycles. The van der Waals surface area contributed by atoms with E-state index in [0.717, 1.165) is 17.0 Å². The van der Waals surface area contributed by atoms with Gasteiger partial charge in [0.05, 0.1) is 11.8 Å². The zero-order chi connectivity index (χ0) is 15.4. The predicted molar refractivity (Wildman–Crippen MR) is 80.1 cm³/mol. The van der Waals surface area contributed by atoms with Crippen LogP contribution in [0.4, 0.5) is 5.69 Å². The Morgan fingerprint density at radius 2 is 2.00 bits per heavy atom. The molecule has 112 valence electrons. The lowest BCUT2D eigenvalue weighted by Gasteiger charge is -2.03. The fourth-order valence-electron chi connectivity index (χ4n) is 2.04. The number of anilines is 1. The van der Waals surface area contributed by atoms with E-state index >= 15 is 0 Å². The van der Waals surface area contributed by atoms with E-state index in [1.54, 1.807) is 12.3 Å². The molecule has 1 amide bonds. The zero-order valence-corrected chi connectivity index (χ0v) is 12.1. The van der Waals surface area contributed by atoms with E-state index in [2.05, 4.69) is 15.5 Å². The van der Waals surface area contributed by atoms with Crippen molar-refractivity contribution in [2.45, 2.75) is 19.8 Å². The van der Waals surface area contributed by atoms with Crippen LogP contribution in [0.5, 0.6) is 0 Å². The molecule has 0 spiro atoms. The first-order valence-electron chi connectivity index (χ1n) is 6.94. The van der Waals surface area contributed by atoms with Gasteiger partial charge in [0.1, 0.15) is 5.76 Å². The molecular weight excluding hydrogens is 282 g/mol. The van der Waals surface area contributed by atoms with E-state index in [-0.39, 0.29) is 12.3 Å². The molecule has 3 aromatic rings. The van der Waals surface area contributed by atoms with Gasteiger partial charge in [0, 0.05) is 18.5 Å². The molecule has 0 aliphatic rings. The number of nitrogens with one attached hydrogen (secondary N) is 1. The molecule has 0 bridgehead atoms. The zero-order valence-electron chi connectivity index (χ0n) is 12.1. The van der Waals surface area contributed by atoms with Gasteiger partial charge < -0.3 is 14.2 Å². The van der Waals surface area contributed by atoms with Crippen LogP contribution in [0, 0.1) is 6.92 Å². The van der Waals surface area contributed by atoms with Crippen LogP contribution in [0.15, 0.2) is 51.5 Å². The Kier molecular flexibility index (Phi) is 4.00. The lowest BCUT2D eigenvalue weighted by molar-refractivity contribution is -0.116. The quantitative estimate of drug-likeness (QED) is 0.782. The number of aromatic nitrogens is 2. The van der Waals surface area contributed by atoms with Crippen molar-refractivity contribution in [2.24, 2.45) is 0 Å². The fraction of sp³-hybridized carbons (Fsp3) is 0.188. The number of aryl methyl sites for hydroxylation is 2. The Balaban J connectivity index is 1.57. The van der Waals surface area contributed by atoms with E-state index in [0.29, 0.717) is 18.2 Å². The lowest BCUT2D eigenvalue weighted by Crippen LogP contribution is -2.12. The van der Waals surface area contributed by atoms with Gasteiger partial charge in [0.15, 0.2) is 0 Å². The standard InChI is InChI=1S/C16H15N3O3/c1-11-13(9-10-21-11)16-19-18-15(22-16)8-7-14(20)17-12-5-3-2-4-6-12/h2-6,9-10H,7-8H2,1H3,(H,17,20). The molecule has 0 radical (unpaired) electrons. The van der Waals surface area contributed by atoms with Gasteiger partial charge in [0.25, 0.3) is 5.89 Å². The predicted octanol–water partition coefficient (Wildman–Crippen LogP) is 3.21. The maximum absolute atomic E-state index is 11.9. The van der Waals surface area contributed by atoms with Crippen molar-refractivity contribution in [1.29, 1.82) is 0 Å². The van der Waals surface area contributed by atoms with E-state index in [9.17, 15) is 4.79 Å². The van der Waals surface area contributed by atoms with Crippen molar-refractivity contribution >= 4 is 11.6 Å². The molecule has 0 unspecified atom stereocenters. The molecule has 22 heavy (non-hydrogen) atoms. The first kappa shape index (κ1) is 14.1. The SMILES string of the molecule is Cc1occc1-c1nnc(CCC(=O)Nc2ccccc2)o1. The van der Waals surface area contributed by atoms with Crippen molar-refractivity contribution in [3.05, 3.63) is 54.3 Å². The van der Waals surface area contributed by atoms with Gasteiger partial charge in [-0.1, -0.05) is 18.2 Å². The summed E-state index contributed by atoms with van der Waals surface area (Å²) in [5.74, 6) is 1.46. The topological polar surface area (TPSA) is 81.2 Å². The summed E-state index contributed by atoms with van der Waals surface area (Å²) >= 11 is 0. The maximum Gasteiger partial charge on any atom is 0.251 e. The number of para-hydroxylation sites is 1. The minimum absolute atomic E-state index is 0.0922. The number of hydrogen-bond donors (Lipinski definition) is 1. The Hall–Kier alpha value is -2.89. The second kappa shape index (κ2) is 6.26. The van der Waals surface area contributed by atoms with Gasteiger partial charge in [-0.25, -0.2) is 0 Å². The van der Waals surface area contributed by atoms with Gasteiger partial charge in [0.2, 0.25) is 11.8 Å². The van der Waals surface area contributed by atoms with Crippen molar-refractivity contribution in [3.8, 4) is 11.5 Å². The number of carbonyl (C=O) groups excluding carboxylic acids is 1. The number of carbonyl (C=O) groups is 1. The van der Waals surface area contributed by atoms with Gasteiger partial charge in [-0.05, 0) is 25.1 Å². The third kappa shape index (κ3) is 3.22. The highest BCUT2D eigenvalue weighted by Gasteiger charge is 2.13. The molecule has 1 aromatic carbocycles. The Bertz CT molecular complexity index is 762. The first-order chi connectivity index (χ1) is 10.7. The van der Waals surface area contributed by atoms with Gasteiger partial charge in [-0.15, -0.1) is 10.2 Å². The molecule has 1 N–H and O–H groups in total. The maximum atomic E-state index is 11.9. The van der Waals surface area contributed by atoms with Crippen molar-refractivity contribution in [2.75, 3.05) is 5.32 Å². The average Bonchev–Trinajstić information content (AvgIpc) is 3.14. The van der Waals surface area contributed by atoms with Crippen LogP contribution in [0.3, 0.4) is 0 Å². The van der Waals surface area contributed by atoms with Crippen LogP contribution in [-0.2, 0) is 11.2 Å². The summed E-state index contributed by atoms with van der Waals surface area (Å²) in [7, 11) is 0. The summed E-state index contributed by atoms with van der Waals surface area (Å²) in [6.45, 7) is 1.83. The van der Waals surface area contributed by atoms with Gasteiger partial charge in [-0.3, -0.25) is 4.79 Å². The molecule has 0 fully saturated rings. The molecule has 0 aliphatic carbocycles. The molecule has 6 nitrogen and oxygen atoms in total. The summed E-state index contributed by atoms with van der Waals surface area (Å²) < 4.78 is 10.7. The molecule has 3 rings (SSSR count). The molecule has 0 atom stereocenters. The van der Waals surface area contributed by atoms with E-state index in [1.807, 2.05) is 37.3 Å². The summed E-state index contributed by atoms with van der Waals surface area (Å²) in [5.41, 5.74) is 1.54. The highest BCUT2D eigenvalue weighted by Crippen LogP contribution is 2.23. The highest BCUT2D eigenvalue weighted by atomic mass is 16.4. The van der Waals surface area contributed by atoms with Crippen LogP contribution < -0.4 is 5.32 Å². The van der Waals surface area contributed by atoms with Crippen molar-refractivity contribution in [1.82, 2.24) is 10.2 Å². The number of amides is 1. The lowest BCUT2D eigenvalue weighted by atomic mass is 10.2. The van der Waals surface area contributed by atoms with Crippen molar-refractivity contribution in [3.63, 3.8) is 0 Å². The Labute approximate surface area is 127 Å². The number of nitrogens with zero attached hydrogens (tertiary/aromatic N) is 2. The minimum atomic E-state index is -0.0922. The molecule has 6 heteroatoms. The van der Waals surface area contributed by atoms with Gasteiger partial charge >= 0.3 is 0 Å². The van der Waals surface area contributed by atoms with Crippen molar-refractivity contribution < 1.29 is 13.6 Å². The van der Waals surface area contributed by atoms with Crippen LogP contribution in [-0.4, -0.2) is 16.1 Å². The normalized spacial score (nSPS) is 10.6. The smallest absolute Gasteiger partial charge is 0.251 e. The number of hydrogen-bond acceptors (Lipinski definition) is 5. The molecule has 0 saturated heterocycles. The second-order valence-corrected chi connectivity index (χ2v) is 4.81. The summed E-state index contributed by atoms with van der Waals surface area (Å²) in [4.78, 5) is 11.9. The number of benzene rings is 1. The molecular formula is C16H15N3O3. The Morgan fingerprint density at radius 3 is 2.73 bits per heavy atom. The van der Waals surface area contributed by atoms with Crippen LogP contribution >= 0.6 is 0 Å². The largest absolute Gasteiger partial charge is 0.469 e. The number of furan rings is 1. The van der Waals surface area contributed by atoms with Crippen LogP contribution in [0.2, 0.25) is 0 Å². The number of rotatable bonds is 5. The average molecular weight is 297 g/mol. The van der Waals surface area contributed by atoms with Crippen LogP contribution in [0.1, 0.15) is 18.1 Å². The second-order valence-electron chi connectivity index (χ2n) is 4.81. The monoisotopic (exact) mass is 297 g/mol. The van der Waals surface area contributed by atoms with Crippen LogP contribution in [0.25, 0.3) is 11.5 Å². The first-order valence-corrected chi connectivity index (χ1v) is 6.94. The fourth-order valence-corrected chi connectivity index (χ4v) is 2.04. The molecule has 0 aliphatic heterocycles. The molecule has 0 saturated carbocycles. The van der Waals surface area contributed by atoms with E-state index in [1.165, 1.54) is 0 Å². The highest BCUT2D eigenvalue weighted by molar-refractivity contribution is 5.90. The van der Waals surface area contributed by atoms with Gasteiger partial charge in [-0.2, -0.15) is 0 Å². The molecule has 2 aromatic heterocycles. The summed E-state index contributed by atoms with van der Waals surface area (Å²) in [6, 6.07) is 11.1. The van der Waals surface area contributed by atoms with E-state index in [4.69, 9.17) is 8.83 Å². The Morgan fingerprint density at radius 1 is 1.18 bits per heavy atom. The summed E-state index contributed by atoms with van der Waals surface area (Å²) in [6.07, 6.45) is 2.24. The third-order valence-electron chi connectivity index (χ3n) is 3.18. The van der Waals surface area contributed by atoms with E-state index < -0.39 is 0 Å². The summed E-state index contributed by atoms with van der Waals surface area (Å²) in [5, 5.41) is 10.7. The third-order valence-corrected chi connectivity index (χ3v) is 3.18.